The summed E-state index contributed by atoms with van der Waals surface area (Å²) in [7, 11) is 0. The molecule has 2 amide bonds. The molecular formula is C26H27N3O3S. The van der Waals surface area contributed by atoms with Crippen LogP contribution >= 0.6 is 12.2 Å². The van der Waals surface area contributed by atoms with E-state index in [-0.39, 0.29) is 23.0 Å². The molecule has 0 aliphatic carbocycles. The quantitative estimate of drug-likeness (QED) is 0.469. The maximum absolute atomic E-state index is 12.9. The van der Waals surface area contributed by atoms with Crippen molar-refractivity contribution in [1.29, 1.82) is 0 Å². The summed E-state index contributed by atoms with van der Waals surface area (Å²) in [6.45, 7) is 6.38. The van der Waals surface area contributed by atoms with E-state index in [1.54, 1.807) is 53.4 Å². The smallest absolute Gasteiger partial charge is 0.258 e. The van der Waals surface area contributed by atoms with Gasteiger partial charge in [-0.2, -0.15) is 0 Å². The Labute approximate surface area is 199 Å². The lowest BCUT2D eigenvalue weighted by molar-refractivity contribution is 0.0973. The van der Waals surface area contributed by atoms with Gasteiger partial charge >= 0.3 is 0 Å². The fourth-order valence-electron chi connectivity index (χ4n) is 3.20. The second kappa shape index (κ2) is 11.2. The number of nitrogens with one attached hydrogen (secondary N) is 2. The third-order valence-corrected chi connectivity index (χ3v) is 4.94. The molecule has 0 heterocycles. The Balaban J connectivity index is 1.58. The van der Waals surface area contributed by atoms with Gasteiger partial charge in [0, 0.05) is 29.0 Å². The van der Waals surface area contributed by atoms with E-state index in [4.69, 9.17) is 17.0 Å². The van der Waals surface area contributed by atoms with Crippen LogP contribution in [-0.4, -0.2) is 29.6 Å². The van der Waals surface area contributed by atoms with Gasteiger partial charge in [0.25, 0.3) is 11.8 Å². The van der Waals surface area contributed by atoms with Crippen molar-refractivity contribution in [2.24, 2.45) is 0 Å². The van der Waals surface area contributed by atoms with Crippen molar-refractivity contribution >= 4 is 40.5 Å². The largest absolute Gasteiger partial charge is 0.491 e. The highest BCUT2D eigenvalue weighted by Gasteiger charge is 2.16. The van der Waals surface area contributed by atoms with Gasteiger partial charge in [0.2, 0.25) is 0 Å². The first-order chi connectivity index (χ1) is 15.9. The van der Waals surface area contributed by atoms with Gasteiger partial charge < -0.3 is 15.0 Å². The number of amides is 2. The first-order valence-electron chi connectivity index (χ1n) is 10.7. The van der Waals surface area contributed by atoms with Gasteiger partial charge in [-0.25, -0.2) is 0 Å². The van der Waals surface area contributed by atoms with Crippen molar-refractivity contribution in [3.63, 3.8) is 0 Å². The predicted octanol–water partition coefficient (Wildman–Crippen LogP) is 5.27. The zero-order valence-corrected chi connectivity index (χ0v) is 19.7. The highest BCUT2D eigenvalue weighted by Crippen LogP contribution is 2.18. The molecule has 33 heavy (non-hydrogen) atoms. The van der Waals surface area contributed by atoms with Crippen LogP contribution in [0.4, 0.5) is 11.4 Å². The zero-order chi connectivity index (χ0) is 23.8. The average molecular weight is 462 g/mol. The van der Waals surface area contributed by atoms with Crippen molar-refractivity contribution in [3.8, 4) is 5.75 Å². The van der Waals surface area contributed by atoms with Gasteiger partial charge in [0.1, 0.15) is 5.75 Å². The second-order valence-electron chi connectivity index (χ2n) is 7.56. The van der Waals surface area contributed by atoms with Gasteiger partial charge in [-0.3, -0.25) is 14.9 Å². The molecule has 3 aromatic rings. The van der Waals surface area contributed by atoms with Crippen LogP contribution in [0.15, 0.2) is 78.9 Å². The van der Waals surface area contributed by atoms with E-state index in [2.05, 4.69) is 10.6 Å². The minimum absolute atomic E-state index is 0.0616. The van der Waals surface area contributed by atoms with E-state index in [0.717, 1.165) is 5.69 Å². The average Bonchev–Trinajstić information content (AvgIpc) is 2.80. The Bertz CT molecular complexity index is 1100. The number of hydrogen-bond acceptors (Lipinski definition) is 4. The lowest BCUT2D eigenvalue weighted by Crippen LogP contribution is -2.34. The number of anilines is 2. The molecule has 0 spiro atoms. The van der Waals surface area contributed by atoms with Crippen molar-refractivity contribution < 1.29 is 14.3 Å². The van der Waals surface area contributed by atoms with E-state index >= 15 is 0 Å². The van der Waals surface area contributed by atoms with Gasteiger partial charge in [-0.05, 0) is 93.7 Å². The van der Waals surface area contributed by atoms with Crippen LogP contribution in [0.2, 0.25) is 0 Å². The Morgan fingerprint density at radius 3 is 2.09 bits per heavy atom. The molecule has 0 atom stereocenters. The fourth-order valence-corrected chi connectivity index (χ4v) is 3.41. The van der Waals surface area contributed by atoms with Crippen LogP contribution in [0, 0.1) is 0 Å². The number of carbonyl (C=O) groups excluding carboxylic acids is 2. The SMILES string of the molecule is CCN(C(=O)c1ccc(NC(=S)NC(=O)c2ccc(OC(C)C)cc2)cc1)c1ccccc1. The normalized spacial score (nSPS) is 10.4. The minimum Gasteiger partial charge on any atom is -0.491 e. The van der Waals surface area contributed by atoms with Gasteiger partial charge in [-0.1, -0.05) is 18.2 Å². The van der Waals surface area contributed by atoms with Crippen LogP contribution in [0.3, 0.4) is 0 Å². The molecule has 0 aromatic heterocycles. The lowest BCUT2D eigenvalue weighted by Gasteiger charge is -2.21. The summed E-state index contributed by atoms with van der Waals surface area (Å²) in [5, 5.41) is 5.80. The van der Waals surface area contributed by atoms with E-state index in [1.165, 1.54) is 0 Å². The summed E-state index contributed by atoms with van der Waals surface area (Å²) >= 11 is 5.26. The highest BCUT2D eigenvalue weighted by molar-refractivity contribution is 7.80. The summed E-state index contributed by atoms with van der Waals surface area (Å²) < 4.78 is 5.59. The molecule has 6 nitrogen and oxygen atoms in total. The molecule has 3 rings (SSSR count). The minimum atomic E-state index is -0.322. The Hall–Kier alpha value is -3.71. The third-order valence-electron chi connectivity index (χ3n) is 4.73. The van der Waals surface area contributed by atoms with Gasteiger partial charge in [0.15, 0.2) is 5.11 Å². The Morgan fingerprint density at radius 1 is 0.909 bits per heavy atom. The Morgan fingerprint density at radius 2 is 1.52 bits per heavy atom. The van der Waals surface area contributed by atoms with Crippen LogP contribution in [0.25, 0.3) is 0 Å². The third kappa shape index (κ3) is 6.63. The number of nitrogens with zero attached hydrogens (tertiary/aromatic N) is 1. The number of benzene rings is 3. The first kappa shape index (κ1) is 23.9. The topological polar surface area (TPSA) is 70.7 Å². The van der Waals surface area contributed by atoms with Gasteiger partial charge in [-0.15, -0.1) is 0 Å². The monoisotopic (exact) mass is 461 g/mol. The number of ether oxygens (including phenoxy) is 1. The van der Waals surface area contributed by atoms with Gasteiger partial charge in [0.05, 0.1) is 6.10 Å². The number of hydrogen-bond donors (Lipinski definition) is 2. The van der Waals surface area contributed by atoms with E-state index in [1.807, 2.05) is 51.1 Å². The molecule has 0 radical (unpaired) electrons. The molecule has 0 bridgehead atoms. The maximum Gasteiger partial charge on any atom is 0.258 e. The molecular weight excluding hydrogens is 434 g/mol. The van der Waals surface area contributed by atoms with Crippen molar-refractivity contribution in [2.75, 3.05) is 16.8 Å². The molecule has 0 unspecified atom stereocenters. The van der Waals surface area contributed by atoms with E-state index in [9.17, 15) is 9.59 Å². The summed E-state index contributed by atoms with van der Waals surface area (Å²) in [6, 6.07) is 23.4. The van der Waals surface area contributed by atoms with Crippen LogP contribution in [0.1, 0.15) is 41.5 Å². The molecule has 0 aliphatic rings. The summed E-state index contributed by atoms with van der Waals surface area (Å²) in [5.74, 6) is 0.290. The number of para-hydroxylation sites is 1. The lowest BCUT2D eigenvalue weighted by atomic mass is 10.1. The number of thiocarbonyl (C=S) groups is 1. The van der Waals surface area contributed by atoms with Crippen molar-refractivity contribution in [3.05, 3.63) is 90.0 Å². The molecule has 0 fully saturated rings. The van der Waals surface area contributed by atoms with Crippen LogP contribution in [-0.2, 0) is 0 Å². The molecule has 7 heteroatoms. The Kier molecular flexibility index (Phi) is 8.16. The van der Waals surface area contributed by atoms with Crippen LogP contribution in [0.5, 0.6) is 5.75 Å². The first-order valence-corrected chi connectivity index (χ1v) is 11.1. The molecule has 0 saturated heterocycles. The molecule has 0 aliphatic heterocycles. The van der Waals surface area contributed by atoms with E-state index in [0.29, 0.717) is 29.1 Å². The number of carbonyl (C=O) groups is 2. The highest BCUT2D eigenvalue weighted by atomic mass is 32.1. The molecule has 2 N–H and O–H groups in total. The molecule has 3 aromatic carbocycles. The second-order valence-corrected chi connectivity index (χ2v) is 7.97. The standard InChI is InChI=1S/C26H27N3O3S/c1-4-29(22-8-6-5-7-9-22)25(31)20-10-14-21(15-11-20)27-26(33)28-24(30)19-12-16-23(17-13-19)32-18(2)3/h5-18H,4H2,1-3H3,(H2,27,28,30,33). The maximum atomic E-state index is 12.9. The zero-order valence-electron chi connectivity index (χ0n) is 18.9. The summed E-state index contributed by atoms with van der Waals surface area (Å²) in [6.07, 6.45) is 0.0616. The van der Waals surface area contributed by atoms with Crippen molar-refractivity contribution in [1.82, 2.24) is 5.32 Å². The number of rotatable bonds is 7. The van der Waals surface area contributed by atoms with Crippen molar-refractivity contribution in [2.45, 2.75) is 26.9 Å². The van der Waals surface area contributed by atoms with E-state index < -0.39 is 0 Å². The molecule has 0 saturated carbocycles. The summed E-state index contributed by atoms with van der Waals surface area (Å²) in [5.41, 5.74) is 2.54. The summed E-state index contributed by atoms with van der Waals surface area (Å²) in [4.78, 5) is 27.1. The predicted molar refractivity (Wildman–Crippen MR) is 136 cm³/mol. The fraction of sp³-hybridized carbons (Fsp3) is 0.192. The van der Waals surface area contributed by atoms with Crippen LogP contribution < -0.4 is 20.3 Å². The molecule has 170 valence electrons.